The minimum atomic E-state index is -0.996. The predicted molar refractivity (Wildman–Crippen MR) is 125 cm³/mol. The molecule has 2 fully saturated rings. The van der Waals surface area contributed by atoms with Gasteiger partial charge in [0.05, 0.1) is 5.54 Å². The van der Waals surface area contributed by atoms with Crippen LogP contribution >= 0.6 is 0 Å². The molecule has 170 valence electrons. The molecule has 5 nitrogen and oxygen atoms in total. The quantitative estimate of drug-likeness (QED) is 0.679. The smallest absolute Gasteiger partial charge is 0.408 e. The van der Waals surface area contributed by atoms with Gasteiger partial charge in [0.15, 0.2) is 0 Å². The molecule has 3 atom stereocenters. The zero-order chi connectivity index (χ0) is 23.1. The second-order valence-electron chi connectivity index (χ2n) is 10.8. The molecule has 2 amide bonds. The minimum Gasteiger partial charge on any atom is -0.465 e. The Labute approximate surface area is 190 Å². The third kappa shape index (κ3) is 3.78. The molecule has 32 heavy (non-hydrogen) atoms. The molecule has 0 bridgehead atoms. The van der Waals surface area contributed by atoms with E-state index in [4.69, 9.17) is 0 Å². The summed E-state index contributed by atoms with van der Waals surface area (Å²) in [5, 5.41) is 13.3. The predicted octanol–water partition coefficient (Wildman–Crippen LogP) is 4.90. The number of amides is 2. The van der Waals surface area contributed by atoms with Crippen LogP contribution in [0.15, 0.2) is 60.7 Å². The third-order valence-corrected chi connectivity index (χ3v) is 7.63. The molecule has 1 saturated heterocycles. The largest absolute Gasteiger partial charge is 0.465 e. The summed E-state index contributed by atoms with van der Waals surface area (Å²) in [5.41, 5.74) is 1.43. The third-order valence-electron chi connectivity index (χ3n) is 7.63. The van der Waals surface area contributed by atoms with E-state index in [0.717, 1.165) is 17.5 Å². The Balaban J connectivity index is 1.57. The molecule has 0 unspecified atom stereocenters. The Morgan fingerprint density at radius 2 is 1.53 bits per heavy atom. The average Bonchev–Trinajstić information content (AvgIpc) is 3.25. The summed E-state index contributed by atoms with van der Waals surface area (Å²) in [4.78, 5) is 27.4. The van der Waals surface area contributed by atoms with Gasteiger partial charge in [-0.2, -0.15) is 0 Å². The lowest BCUT2D eigenvalue weighted by molar-refractivity contribution is -0.127. The number of rotatable bonds is 6. The number of hydrogen-bond acceptors (Lipinski definition) is 2. The second-order valence-corrected chi connectivity index (χ2v) is 10.8. The van der Waals surface area contributed by atoms with E-state index in [1.54, 1.807) is 0 Å². The van der Waals surface area contributed by atoms with E-state index in [0.29, 0.717) is 19.3 Å². The first-order valence-corrected chi connectivity index (χ1v) is 11.5. The zero-order valence-electron chi connectivity index (χ0n) is 19.5. The van der Waals surface area contributed by atoms with Crippen molar-refractivity contribution >= 4 is 12.0 Å². The van der Waals surface area contributed by atoms with E-state index >= 15 is 0 Å². The van der Waals surface area contributed by atoms with Crippen molar-refractivity contribution in [2.24, 2.45) is 10.8 Å². The zero-order valence-corrected chi connectivity index (χ0v) is 19.5. The molecular formula is C27H34N2O3. The summed E-state index contributed by atoms with van der Waals surface area (Å²) in [6, 6.07) is 19.5. The number of hydrogen-bond donors (Lipinski definition) is 2. The number of carboxylic acid groups (broad SMARTS) is 1. The lowest BCUT2D eigenvalue weighted by atomic mass is 9.79. The highest BCUT2D eigenvalue weighted by atomic mass is 16.4. The number of carbonyl (C=O) groups excluding carboxylic acids is 1. The van der Waals surface area contributed by atoms with Crippen molar-refractivity contribution in [3.05, 3.63) is 71.8 Å². The molecule has 1 aliphatic carbocycles. The van der Waals surface area contributed by atoms with Gasteiger partial charge in [-0.15, -0.1) is 0 Å². The van der Waals surface area contributed by atoms with Gasteiger partial charge in [-0.1, -0.05) is 88.4 Å². The van der Waals surface area contributed by atoms with E-state index in [2.05, 4.69) is 57.3 Å². The number of benzene rings is 2. The number of fused-ring (bicyclic) bond motifs is 1. The molecule has 1 heterocycles. The van der Waals surface area contributed by atoms with Crippen LogP contribution in [0.3, 0.4) is 0 Å². The molecule has 5 heteroatoms. The van der Waals surface area contributed by atoms with Crippen LogP contribution in [0.4, 0.5) is 4.79 Å². The Hall–Kier alpha value is -2.82. The average molecular weight is 435 g/mol. The highest BCUT2D eigenvalue weighted by molar-refractivity contribution is 5.88. The van der Waals surface area contributed by atoms with Crippen LogP contribution in [-0.2, 0) is 17.6 Å². The molecule has 2 aromatic rings. The minimum absolute atomic E-state index is 0.113. The molecule has 0 radical (unpaired) electrons. The van der Waals surface area contributed by atoms with Gasteiger partial charge in [0, 0.05) is 6.04 Å². The molecule has 2 aromatic carbocycles. The first kappa shape index (κ1) is 22.4. The Kier molecular flexibility index (Phi) is 5.56. The van der Waals surface area contributed by atoms with Crippen LogP contribution in [0.5, 0.6) is 0 Å². The number of carbonyl (C=O) groups is 2. The van der Waals surface area contributed by atoms with Crippen molar-refractivity contribution in [2.45, 2.75) is 71.0 Å². The first-order valence-electron chi connectivity index (χ1n) is 11.5. The van der Waals surface area contributed by atoms with Gasteiger partial charge in [0.2, 0.25) is 5.91 Å². The van der Waals surface area contributed by atoms with Crippen LogP contribution in [-0.4, -0.2) is 39.6 Å². The fourth-order valence-corrected chi connectivity index (χ4v) is 6.23. The van der Waals surface area contributed by atoms with Crippen LogP contribution in [0.25, 0.3) is 0 Å². The highest BCUT2D eigenvalue weighted by Crippen LogP contribution is 2.74. The maximum Gasteiger partial charge on any atom is 0.408 e. The second kappa shape index (κ2) is 7.95. The molecule has 2 N–H and O–H groups in total. The van der Waals surface area contributed by atoms with Crippen molar-refractivity contribution in [1.82, 2.24) is 10.2 Å². The highest BCUT2D eigenvalue weighted by Gasteiger charge is 2.79. The summed E-state index contributed by atoms with van der Waals surface area (Å²) >= 11 is 0. The normalized spacial score (nSPS) is 26.7. The van der Waals surface area contributed by atoms with Crippen LogP contribution in [0.2, 0.25) is 0 Å². The maximum atomic E-state index is 13.5. The van der Waals surface area contributed by atoms with Gasteiger partial charge < -0.3 is 10.4 Å². The topological polar surface area (TPSA) is 69.6 Å². The van der Waals surface area contributed by atoms with Gasteiger partial charge in [0.25, 0.3) is 0 Å². The van der Waals surface area contributed by atoms with Crippen molar-refractivity contribution < 1.29 is 14.7 Å². The van der Waals surface area contributed by atoms with E-state index in [9.17, 15) is 14.7 Å². The fraction of sp³-hybridized carbons (Fsp3) is 0.481. The summed E-state index contributed by atoms with van der Waals surface area (Å²) < 4.78 is 0. The van der Waals surface area contributed by atoms with E-state index in [1.807, 2.05) is 36.4 Å². The van der Waals surface area contributed by atoms with Crippen molar-refractivity contribution in [2.75, 3.05) is 0 Å². The van der Waals surface area contributed by atoms with Gasteiger partial charge in [-0.3, -0.25) is 9.69 Å². The number of nitrogens with zero attached hydrogens (tertiary/aromatic N) is 1. The lowest BCUT2D eigenvalue weighted by Crippen LogP contribution is -2.56. The van der Waals surface area contributed by atoms with E-state index < -0.39 is 17.7 Å². The van der Waals surface area contributed by atoms with Gasteiger partial charge in [-0.25, -0.2) is 4.79 Å². The molecular weight excluding hydrogens is 400 g/mol. The van der Waals surface area contributed by atoms with Crippen molar-refractivity contribution in [1.29, 1.82) is 0 Å². The summed E-state index contributed by atoms with van der Waals surface area (Å²) in [5.74, 6) is -0.179. The number of likely N-dealkylation sites (tertiary alicyclic amines) is 1. The Morgan fingerprint density at radius 1 is 1.03 bits per heavy atom. The molecule has 2 aliphatic rings. The Bertz CT molecular complexity index is 943. The van der Waals surface area contributed by atoms with Crippen molar-refractivity contribution in [3.8, 4) is 0 Å². The molecule has 0 aromatic heterocycles. The molecule has 1 aliphatic heterocycles. The fourth-order valence-electron chi connectivity index (χ4n) is 6.23. The van der Waals surface area contributed by atoms with E-state index in [-0.39, 0.29) is 22.8 Å². The Morgan fingerprint density at radius 3 is 1.97 bits per heavy atom. The van der Waals surface area contributed by atoms with Crippen molar-refractivity contribution in [3.63, 3.8) is 0 Å². The van der Waals surface area contributed by atoms with Gasteiger partial charge in [-0.05, 0) is 47.6 Å². The molecule has 1 saturated carbocycles. The maximum absolute atomic E-state index is 13.5. The van der Waals surface area contributed by atoms with Gasteiger partial charge >= 0.3 is 6.09 Å². The van der Waals surface area contributed by atoms with Crippen LogP contribution < -0.4 is 5.32 Å². The first-order chi connectivity index (χ1) is 15.1. The summed E-state index contributed by atoms with van der Waals surface area (Å²) in [6.07, 6.45) is 1.79. The summed E-state index contributed by atoms with van der Waals surface area (Å²) in [7, 11) is 0. The van der Waals surface area contributed by atoms with Gasteiger partial charge in [0.1, 0.15) is 6.04 Å². The van der Waals surface area contributed by atoms with Crippen LogP contribution in [0.1, 0.15) is 51.7 Å². The summed E-state index contributed by atoms with van der Waals surface area (Å²) in [6.45, 7) is 8.39. The van der Waals surface area contributed by atoms with Crippen LogP contribution in [0, 0.1) is 10.8 Å². The number of nitrogens with one attached hydrogen (secondary N) is 1. The molecule has 4 rings (SSSR count). The monoisotopic (exact) mass is 434 g/mol. The molecule has 0 spiro atoms. The standard InChI is InChI=1S/C27H34N2O3/c1-25(2,3)27-18-26(27,4)17-22(29(27)24(31)32)23(30)28-21(15-19-11-7-5-8-12-19)16-20-13-9-6-10-14-20/h5-14,21-22H,15-18H2,1-4H3,(H,28,30)(H,31,32)/t22-,26+,27+/m0/s1. The number of piperidine rings is 1. The lowest BCUT2D eigenvalue weighted by Gasteiger charge is -2.40. The van der Waals surface area contributed by atoms with E-state index in [1.165, 1.54) is 4.90 Å². The SMILES string of the molecule is CC(C)(C)[C@]12C[C@@]1(C)C[C@@H](C(=O)NC(Cc1ccccc1)Cc1ccccc1)N2C(=O)O.